The molecular weight excluding hydrogens is 279 g/mol. The zero-order valence-corrected chi connectivity index (χ0v) is 11.5. The van der Waals surface area contributed by atoms with Crippen molar-refractivity contribution in [2.75, 3.05) is 13.1 Å². The average molecular weight is 297 g/mol. The lowest BCUT2D eigenvalue weighted by Gasteiger charge is -2.27. The van der Waals surface area contributed by atoms with Crippen LogP contribution in [0.2, 0.25) is 0 Å². The van der Waals surface area contributed by atoms with Crippen molar-refractivity contribution in [3.05, 3.63) is 0 Å². The SMILES string of the molecule is CC1OC(C)C(C(=O)N(CC(=O)O)CC(F)(F)F)C1C. The van der Waals surface area contributed by atoms with Gasteiger partial charge in [0.15, 0.2) is 0 Å². The van der Waals surface area contributed by atoms with Gasteiger partial charge < -0.3 is 14.7 Å². The Morgan fingerprint density at radius 3 is 2.10 bits per heavy atom. The number of rotatable bonds is 4. The predicted octanol–water partition coefficient (Wildman–Crippen LogP) is 1.52. The van der Waals surface area contributed by atoms with Crippen molar-refractivity contribution >= 4 is 11.9 Å². The van der Waals surface area contributed by atoms with E-state index in [0.717, 1.165) is 0 Å². The molecule has 20 heavy (non-hydrogen) atoms. The number of ether oxygens (including phenoxy) is 1. The van der Waals surface area contributed by atoms with Gasteiger partial charge in [0.2, 0.25) is 5.91 Å². The van der Waals surface area contributed by atoms with E-state index in [4.69, 9.17) is 9.84 Å². The van der Waals surface area contributed by atoms with Gasteiger partial charge in [0.05, 0.1) is 18.1 Å². The quantitative estimate of drug-likeness (QED) is 0.854. The number of aliphatic carboxylic acids is 1. The van der Waals surface area contributed by atoms with Crippen LogP contribution in [0.5, 0.6) is 0 Å². The number of carbonyl (C=O) groups is 2. The number of nitrogens with zero attached hydrogens (tertiary/aromatic N) is 1. The molecule has 1 fully saturated rings. The highest BCUT2D eigenvalue weighted by atomic mass is 19.4. The van der Waals surface area contributed by atoms with Crippen LogP contribution < -0.4 is 0 Å². The molecule has 1 amide bonds. The highest BCUT2D eigenvalue weighted by Gasteiger charge is 2.45. The summed E-state index contributed by atoms with van der Waals surface area (Å²) in [5, 5.41) is 8.66. The van der Waals surface area contributed by atoms with Gasteiger partial charge in [0.25, 0.3) is 0 Å². The first-order valence-electron chi connectivity index (χ1n) is 6.25. The first-order chi connectivity index (χ1) is 9.03. The van der Waals surface area contributed by atoms with Crippen LogP contribution in [-0.2, 0) is 14.3 Å². The van der Waals surface area contributed by atoms with Gasteiger partial charge in [-0.2, -0.15) is 13.2 Å². The molecule has 1 heterocycles. The molecule has 0 radical (unpaired) electrons. The third-order valence-electron chi connectivity index (χ3n) is 3.54. The zero-order chi connectivity index (χ0) is 15.7. The molecule has 0 aromatic carbocycles. The first-order valence-corrected chi connectivity index (χ1v) is 6.25. The Morgan fingerprint density at radius 2 is 1.75 bits per heavy atom. The Labute approximate surface area is 114 Å². The van der Waals surface area contributed by atoms with Crippen molar-refractivity contribution in [1.29, 1.82) is 0 Å². The topological polar surface area (TPSA) is 66.8 Å². The van der Waals surface area contributed by atoms with Crippen molar-refractivity contribution in [2.45, 2.75) is 39.2 Å². The van der Waals surface area contributed by atoms with Crippen LogP contribution in [-0.4, -0.2) is 53.4 Å². The minimum absolute atomic E-state index is 0.253. The highest BCUT2D eigenvalue weighted by Crippen LogP contribution is 2.34. The molecule has 1 saturated heterocycles. The Bertz CT molecular complexity index is 385. The summed E-state index contributed by atoms with van der Waals surface area (Å²) in [5.74, 6) is -3.32. The van der Waals surface area contributed by atoms with Crippen molar-refractivity contribution in [1.82, 2.24) is 4.90 Å². The summed E-state index contributed by atoms with van der Waals surface area (Å²) >= 11 is 0. The maximum atomic E-state index is 12.5. The minimum Gasteiger partial charge on any atom is -0.480 e. The maximum absolute atomic E-state index is 12.5. The molecular formula is C12H18F3NO4. The van der Waals surface area contributed by atoms with E-state index in [9.17, 15) is 22.8 Å². The van der Waals surface area contributed by atoms with E-state index in [-0.39, 0.29) is 12.0 Å². The van der Waals surface area contributed by atoms with Crippen LogP contribution in [0.4, 0.5) is 13.2 Å². The summed E-state index contributed by atoms with van der Waals surface area (Å²) < 4.78 is 42.8. The predicted molar refractivity (Wildman–Crippen MR) is 62.9 cm³/mol. The standard InChI is InChI=1S/C12H18F3NO4/c1-6-7(2)20-8(3)10(6)11(19)16(4-9(17)18)5-12(13,14)15/h6-8,10H,4-5H2,1-3H3,(H,17,18). The smallest absolute Gasteiger partial charge is 0.406 e. The van der Waals surface area contributed by atoms with E-state index in [2.05, 4.69) is 0 Å². The molecule has 0 bridgehead atoms. The number of amides is 1. The van der Waals surface area contributed by atoms with Gasteiger partial charge in [-0.1, -0.05) is 6.92 Å². The lowest BCUT2D eigenvalue weighted by Crippen LogP contribution is -2.47. The van der Waals surface area contributed by atoms with Crippen LogP contribution >= 0.6 is 0 Å². The van der Waals surface area contributed by atoms with Gasteiger partial charge in [-0.3, -0.25) is 9.59 Å². The Kier molecular flexibility index (Phi) is 5.01. The monoisotopic (exact) mass is 297 g/mol. The third kappa shape index (κ3) is 4.09. The lowest BCUT2D eigenvalue weighted by molar-refractivity contribution is -0.169. The van der Waals surface area contributed by atoms with E-state index < -0.39 is 43.2 Å². The van der Waals surface area contributed by atoms with Crippen molar-refractivity contribution in [3.63, 3.8) is 0 Å². The highest BCUT2D eigenvalue weighted by molar-refractivity contribution is 5.84. The van der Waals surface area contributed by atoms with Crippen LogP contribution in [0.3, 0.4) is 0 Å². The number of hydrogen-bond acceptors (Lipinski definition) is 3. The Hall–Kier alpha value is -1.31. The molecule has 1 aliphatic rings. The molecule has 116 valence electrons. The van der Waals surface area contributed by atoms with Crippen LogP contribution in [0.15, 0.2) is 0 Å². The number of alkyl halides is 3. The molecule has 0 aromatic heterocycles. The second-order valence-corrected chi connectivity index (χ2v) is 5.13. The van der Waals surface area contributed by atoms with Crippen molar-refractivity contribution in [3.8, 4) is 0 Å². The van der Waals surface area contributed by atoms with Crippen LogP contribution in [0.1, 0.15) is 20.8 Å². The number of hydrogen-bond donors (Lipinski definition) is 1. The van der Waals surface area contributed by atoms with Gasteiger partial charge in [0.1, 0.15) is 13.1 Å². The molecule has 8 heteroatoms. The van der Waals surface area contributed by atoms with Gasteiger partial charge in [-0.25, -0.2) is 0 Å². The minimum atomic E-state index is -4.64. The largest absolute Gasteiger partial charge is 0.480 e. The van der Waals surface area contributed by atoms with Gasteiger partial charge in [0, 0.05) is 0 Å². The molecule has 0 spiro atoms. The number of halogens is 3. The summed E-state index contributed by atoms with van der Waals surface area (Å²) in [6.45, 7) is 2.52. The van der Waals surface area contributed by atoms with E-state index >= 15 is 0 Å². The fourth-order valence-electron chi connectivity index (χ4n) is 2.49. The summed E-state index contributed by atoms with van der Waals surface area (Å²) in [7, 11) is 0. The Balaban J connectivity index is 2.90. The molecule has 0 saturated carbocycles. The zero-order valence-electron chi connectivity index (χ0n) is 11.5. The maximum Gasteiger partial charge on any atom is 0.406 e. The second kappa shape index (κ2) is 5.99. The fourth-order valence-corrected chi connectivity index (χ4v) is 2.49. The lowest BCUT2D eigenvalue weighted by atomic mass is 9.88. The molecule has 0 aliphatic carbocycles. The molecule has 0 aromatic rings. The van der Waals surface area contributed by atoms with E-state index in [1.165, 1.54) is 0 Å². The normalized spacial score (nSPS) is 30.3. The summed E-state index contributed by atoms with van der Waals surface area (Å²) in [5.41, 5.74) is 0. The molecule has 4 atom stereocenters. The fraction of sp³-hybridized carbons (Fsp3) is 0.833. The van der Waals surface area contributed by atoms with Crippen LogP contribution in [0, 0.1) is 11.8 Å². The van der Waals surface area contributed by atoms with E-state index in [1.54, 1.807) is 20.8 Å². The van der Waals surface area contributed by atoms with Gasteiger partial charge in [-0.15, -0.1) is 0 Å². The first kappa shape index (κ1) is 16.7. The van der Waals surface area contributed by atoms with Crippen molar-refractivity contribution in [2.24, 2.45) is 11.8 Å². The molecule has 1 aliphatic heterocycles. The third-order valence-corrected chi connectivity index (χ3v) is 3.54. The molecule has 5 nitrogen and oxygen atoms in total. The number of carboxylic acid groups (broad SMARTS) is 1. The molecule has 1 N–H and O–H groups in total. The molecule has 1 rings (SSSR count). The number of carboxylic acids is 1. The van der Waals surface area contributed by atoms with Gasteiger partial charge in [-0.05, 0) is 19.8 Å². The van der Waals surface area contributed by atoms with Crippen LogP contribution in [0.25, 0.3) is 0 Å². The second-order valence-electron chi connectivity index (χ2n) is 5.13. The number of carbonyl (C=O) groups excluding carboxylic acids is 1. The Morgan fingerprint density at radius 1 is 1.20 bits per heavy atom. The molecule has 4 unspecified atom stereocenters. The summed E-state index contributed by atoms with van der Waals surface area (Å²) in [6, 6.07) is 0. The summed E-state index contributed by atoms with van der Waals surface area (Å²) in [6.07, 6.45) is -5.42. The van der Waals surface area contributed by atoms with Crippen molar-refractivity contribution < 1.29 is 32.6 Å². The van der Waals surface area contributed by atoms with Gasteiger partial charge >= 0.3 is 12.1 Å². The van der Waals surface area contributed by atoms with E-state index in [1.807, 2.05) is 0 Å². The summed E-state index contributed by atoms with van der Waals surface area (Å²) in [4.78, 5) is 23.2. The van der Waals surface area contributed by atoms with E-state index in [0.29, 0.717) is 4.90 Å². The average Bonchev–Trinajstić information content (AvgIpc) is 2.48.